The van der Waals surface area contributed by atoms with Crippen molar-refractivity contribution in [3.63, 3.8) is 0 Å². The van der Waals surface area contributed by atoms with Crippen molar-refractivity contribution < 1.29 is 8.42 Å². The van der Waals surface area contributed by atoms with Gasteiger partial charge in [0, 0.05) is 37.2 Å². The van der Waals surface area contributed by atoms with Gasteiger partial charge < -0.3 is 10.6 Å². The molecule has 19 heavy (non-hydrogen) atoms. The third-order valence-corrected chi connectivity index (χ3v) is 5.82. The Morgan fingerprint density at radius 3 is 2.68 bits per heavy atom. The lowest BCUT2D eigenvalue weighted by Gasteiger charge is -2.28. The first-order chi connectivity index (χ1) is 8.98. The molecule has 0 saturated carbocycles. The molecule has 0 unspecified atom stereocenters. The lowest BCUT2D eigenvalue weighted by atomic mass is 10.2. The van der Waals surface area contributed by atoms with Crippen LogP contribution in [-0.4, -0.2) is 73.6 Å². The fraction of sp³-hybridized carbons (Fsp3) is 0.909. The summed E-state index contributed by atoms with van der Waals surface area (Å²) in [4.78, 5) is 6.48. The first-order valence-corrected chi connectivity index (χ1v) is 9.58. The van der Waals surface area contributed by atoms with Crippen molar-refractivity contribution in [3.8, 4) is 0 Å². The molecule has 2 aliphatic rings. The van der Waals surface area contributed by atoms with E-state index in [0.29, 0.717) is 19.0 Å². The summed E-state index contributed by atoms with van der Waals surface area (Å²) in [5.74, 6) is 2.71. The molecule has 2 aliphatic heterocycles. The van der Waals surface area contributed by atoms with Gasteiger partial charge in [0.1, 0.15) is 0 Å². The second-order valence-corrected chi connectivity index (χ2v) is 8.13. The van der Waals surface area contributed by atoms with Crippen LogP contribution in [0.25, 0.3) is 0 Å². The molecule has 0 radical (unpaired) electrons. The van der Waals surface area contributed by atoms with Crippen molar-refractivity contribution >= 4 is 27.7 Å². The minimum absolute atomic E-state index is 0.0206. The van der Waals surface area contributed by atoms with Gasteiger partial charge in [-0.1, -0.05) is 0 Å². The van der Waals surface area contributed by atoms with Crippen LogP contribution >= 0.6 is 11.8 Å². The van der Waals surface area contributed by atoms with Crippen LogP contribution in [0.5, 0.6) is 0 Å². The van der Waals surface area contributed by atoms with Gasteiger partial charge in [0.25, 0.3) is 0 Å². The highest BCUT2D eigenvalue weighted by Crippen LogP contribution is 2.20. The minimum Gasteiger partial charge on any atom is -0.370 e. The van der Waals surface area contributed by atoms with E-state index in [-0.39, 0.29) is 6.04 Å². The zero-order valence-electron chi connectivity index (χ0n) is 11.3. The zero-order valence-corrected chi connectivity index (χ0v) is 12.9. The van der Waals surface area contributed by atoms with E-state index in [2.05, 4.69) is 9.89 Å². The number of thioether (sulfide) groups is 1. The summed E-state index contributed by atoms with van der Waals surface area (Å²) < 4.78 is 24.8. The van der Waals surface area contributed by atoms with Crippen molar-refractivity contribution in [2.75, 3.05) is 43.9 Å². The van der Waals surface area contributed by atoms with E-state index in [9.17, 15) is 8.42 Å². The number of nitrogens with two attached hydrogens (primary N) is 1. The highest BCUT2D eigenvalue weighted by atomic mass is 32.2. The van der Waals surface area contributed by atoms with Crippen molar-refractivity contribution in [1.29, 1.82) is 0 Å². The second kappa shape index (κ2) is 6.32. The molecule has 2 heterocycles. The third kappa shape index (κ3) is 4.00. The molecule has 2 fully saturated rings. The van der Waals surface area contributed by atoms with Crippen LogP contribution in [0.15, 0.2) is 4.99 Å². The molecule has 0 aromatic rings. The van der Waals surface area contributed by atoms with E-state index in [1.54, 1.807) is 4.31 Å². The highest BCUT2D eigenvalue weighted by molar-refractivity contribution is 7.99. The number of guanidine groups is 1. The minimum atomic E-state index is -3.12. The van der Waals surface area contributed by atoms with Crippen LogP contribution < -0.4 is 5.73 Å². The van der Waals surface area contributed by atoms with E-state index in [4.69, 9.17) is 5.73 Å². The topological polar surface area (TPSA) is 79.0 Å². The quantitative estimate of drug-likeness (QED) is 0.576. The Bertz CT molecular complexity index is 432. The van der Waals surface area contributed by atoms with E-state index in [1.807, 2.05) is 11.8 Å². The molecule has 8 heteroatoms. The summed E-state index contributed by atoms with van der Waals surface area (Å²) in [7, 11) is -3.12. The Hall–Kier alpha value is -0.470. The number of sulfonamides is 1. The molecule has 0 aromatic carbocycles. The molecule has 0 aliphatic carbocycles. The van der Waals surface area contributed by atoms with Crippen molar-refractivity contribution in [2.45, 2.75) is 18.9 Å². The molecule has 1 atom stereocenters. The molecule has 0 bridgehead atoms. The third-order valence-electron chi connectivity index (χ3n) is 3.55. The molecular weight excluding hydrogens is 284 g/mol. The fourth-order valence-corrected chi connectivity index (χ4v) is 4.60. The molecule has 6 nitrogen and oxygen atoms in total. The van der Waals surface area contributed by atoms with Gasteiger partial charge in [-0.3, -0.25) is 4.99 Å². The Kier molecular flexibility index (Phi) is 4.97. The lowest BCUT2D eigenvalue weighted by Crippen LogP contribution is -2.43. The number of hydrogen-bond donors (Lipinski definition) is 1. The van der Waals surface area contributed by atoms with Crippen LogP contribution in [0.4, 0.5) is 0 Å². The lowest BCUT2D eigenvalue weighted by molar-refractivity contribution is 0.393. The zero-order chi connectivity index (χ0) is 13.9. The van der Waals surface area contributed by atoms with Gasteiger partial charge in [-0.25, -0.2) is 8.42 Å². The Labute approximate surface area is 119 Å². The van der Waals surface area contributed by atoms with Crippen LogP contribution in [0.1, 0.15) is 12.8 Å². The van der Waals surface area contributed by atoms with Gasteiger partial charge in [0.15, 0.2) is 5.96 Å². The standard InChI is InChI=1S/C11H22N4O2S2/c1-19(16,17)15-4-2-3-10(15)9-13-11(12)14-5-7-18-8-6-14/h10H,2-9H2,1H3,(H2,12,13)/t10-/m1/s1. The summed E-state index contributed by atoms with van der Waals surface area (Å²) in [6.45, 7) is 2.95. The maximum Gasteiger partial charge on any atom is 0.211 e. The van der Waals surface area contributed by atoms with Crippen molar-refractivity contribution in [1.82, 2.24) is 9.21 Å². The van der Waals surface area contributed by atoms with E-state index in [0.717, 1.165) is 37.4 Å². The number of aliphatic imine (C=N–C) groups is 1. The van der Waals surface area contributed by atoms with Crippen LogP contribution in [0, 0.1) is 0 Å². The molecule has 0 amide bonds. The van der Waals surface area contributed by atoms with Gasteiger partial charge in [-0.2, -0.15) is 16.1 Å². The van der Waals surface area contributed by atoms with E-state index >= 15 is 0 Å². The summed E-state index contributed by atoms with van der Waals surface area (Å²) in [5.41, 5.74) is 5.98. The van der Waals surface area contributed by atoms with Crippen molar-refractivity contribution in [2.24, 2.45) is 10.7 Å². The Balaban J connectivity index is 1.93. The second-order valence-electron chi connectivity index (χ2n) is 4.97. The van der Waals surface area contributed by atoms with Gasteiger partial charge in [0.2, 0.25) is 10.0 Å². The summed E-state index contributed by atoms with van der Waals surface area (Å²) in [5, 5.41) is 0. The average Bonchev–Trinajstić information content (AvgIpc) is 2.85. The van der Waals surface area contributed by atoms with Crippen LogP contribution in [0.3, 0.4) is 0 Å². The Morgan fingerprint density at radius 2 is 2.05 bits per heavy atom. The number of hydrogen-bond acceptors (Lipinski definition) is 4. The van der Waals surface area contributed by atoms with Gasteiger partial charge in [0.05, 0.1) is 12.8 Å². The summed E-state index contributed by atoms with van der Waals surface area (Å²) in [6.07, 6.45) is 3.05. The summed E-state index contributed by atoms with van der Waals surface area (Å²) in [6, 6.07) is -0.0206. The van der Waals surface area contributed by atoms with Gasteiger partial charge >= 0.3 is 0 Å². The maximum absolute atomic E-state index is 11.6. The first kappa shape index (κ1) is 14.9. The monoisotopic (exact) mass is 306 g/mol. The summed E-state index contributed by atoms with van der Waals surface area (Å²) >= 11 is 1.92. The molecular formula is C11H22N4O2S2. The molecule has 2 saturated heterocycles. The highest BCUT2D eigenvalue weighted by Gasteiger charge is 2.31. The maximum atomic E-state index is 11.6. The molecule has 110 valence electrons. The first-order valence-electron chi connectivity index (χ1n) is 6.58. The van der Waals surface area contributed by atoms with E-state index < -0.39 is 10.0 Å². The van der Waals surface area contributed by atoms with Crippen LogP contribution in [-0.2, 0) is 10.0 Å². The predicted octanol–water partition coefficient (Wildman–Crippen LogP) is -0.226. The van der Waals surface area contributed by atoms with Crippen molar-refractivity contribution in [3.05, 3.63) is 0 Å². The van der Waals surface area contributed by atoms with Gasteiger partial charge in [-0.15, -0.1) is 0 Å². The van der Waals surface area contributed by atoms with E-state index in [1.165, 1.54) is 6.26 Å². The van der Waals surface area contributed by atoms with Gasteiger partial charge in [-0.05, 0) is 12.8 Å². The Morgan fingerprint density at radius 1 is 1.37 bits per heavy atom. The number of rotatable bonds is 3. The number of nitrogens with zero attached hydrogens (tertiary/aromatic N) is 3. The molecule has 2 rings (SSSR count). The predicted molar refractivity (Wildman–Crippen MR) is 80.0 cm³/mol. The fourth-order valence-electron chi connectivity index (χ4n) is 2.52. The molecule has 0 aromatic heterocycles. The average molecular weight is 306 g/mol. The normalized spacial score (nSPS) is 26.9. The largest absolute Gasteiger partial charge is 0.370 e. The van der Waals surface area contributed by atoms with Crippen LogP contribution in [0.2, 0.25) is 0 Å². The molecule has 0 spiro atoms. The SMILES string of the molecule is CS(=O)(=O)N1CCC[C@@H]1CN=C(N)N1CCSCC1. The smallest absolute Gasteiger partial charge is 0.211 e. The molecule has 2 N–H and O–H groups in total.